The Labute approximate surface area is 128 Å². The Morgan fingerprint density at radius 2 is 2.43 bits per heavy atom. The molecule has 112 valence electrons. The number of nitrogens with zero attached hydrogens (tertiary/aromatic N) is 5. The minimum Gasteiger partial charge on any atom is -0.375 e. The van der Waals surface area contributed by atoms with Gasteiger partial charge in [0.1, 0.15) is 0 Å². The molecule has 6 nitrogen and oxygen atoms in total. The van der Waals surface area contributed by atoms with Crippen molar-refractivity contribution in [2.75, 3.05) is 30.8 Å². The molecule has 0 spiro atoms. The van der Waals surface area contributed by atoms with Crippen LogP contribution in [0.15, 0.2) is 24.5 Å². The maximum Gasteiger partial charge on any atom is 0.180 e. The van der Waals surface area contributed by atoms with Gasteiger partial charge in [0.15, 0.2) is 10.9 Å². The van der Waals surface area contributed by atoms with Crippen molar-refractivity contribution >= 4 is 22.3 Å². The molecular formula is C14H20N6S. The van der Waals surface area contributed by atoms with Crippen molar-refractivity contribution in [3.05, 3.63) is 29.4 Å². The van der Waals surface area contributed by atoms with E-state index in [9.17, 15) is 0 Å². The Morgan fingerprint density at radius 3 is 3.14 bits per heavy atom. The average Bonchev–Trinajstić information content (AvgIpc) is 2.93. The van der Waals surface area contributed by atoms with E-state index in [2.05, 4.69) is 32.0 Å². The fourth-order valence-electron chi connectivity index (χ4n) is 2.76. The summed E-state index contributed by atoms with van der Waals surface area (Å²) in [7, 11) is 2.17. The first kappa shape index (κ1) is 14.2. The number of rotatable bonds is 4. The number of likely N-dealkylation sites (N-methyl/N-ethyl adjacent to an activating group) is 1. The lowest BCUT2D eigenvalue weighted by Crippen LogP contribution is -2.46. The predicted molar refractivity (Wildman–Crippen MR) is 85.3 cm³/mol. The smallest absolute Gasteiger partial charge is 0.180 e. The molecule has 1 aliphatic rings. The number of nitrogen functional groups attached to an aromatic ring is 1. The van der Waals surface area contributed by atoms with Crippen LogP contribution in [-0.2, 0) is 6.54 Å². The van der Waals surface area contributed by atoms with Gasteiger partial charge in [0, 0.05) is 42.9 Å². The second-order valence-electron chi connectivity index (χ2n) is 5.40. The molecule has 1 aliphatic heterocycles. The Kier molecular flexibility index (Phi) is 4.31. The van der Waals surface area contributed by atoms with Crippen LogP contribution in [0.2, 0.25) is 0 Å². The number of hydrogen-bond acceptors (Lipinski definition) is 7. The van der Waals surface area contributed by atoms with E-state index in [4.69, 9.17) is 5.73 Å². The van der Waals surface area contributed by atoms with Crippen LogP contribution in [0.1, 0.15) is 17.7 Å². The zero-order chi connectivity index (χ0) is 14.7. The molecule has 0 bridgehead atoms. The van der Waals surface area contributed by atoms with Gasteiger partial charge in [0.05, 0.1) is 0 Å². The normalized spacial score (nSPS) is 19.1. The van der Waals surface area contributed by atoms with E-state index in [1.165, 1.54) is 17.7 Å². The lowest BCUT2D eigenvalue weighted by atomic mass is 10.0. The molecule has 7 heteroatoms. The summed E-state index contributed by atoms with van der Waals surface area (Å²) in [5.41, 5.74) is 5.70. The summed E-state index contributed by atoms with van der Waals surface area (Å²) < 4.78 is 0. The molecule has 1 fully saturated rings. The molecular weight excluding hydrogens is 284 g/mol. The number of hydrogen-bond donors (Lipinski definition) is 1. The van der Waals surface area contributed by atoms with Gasteiger partial charge in [-0.15, -0.1) is 16.4 Å². The van der Waals surface area contributed by atoms with Gasteiger partial charge in [-0.25, -0.2) is 4.98 Å². The van der Waals surface area contributed by atoms with Crippen LogP contribution in [-0.4, -0.2) is 46.3 Å². The van der Waals surface area contributed by atoms with Crippen LogP contribution in [0.4, 0.5) is 10.9 Å². The Morgan fingerprint density at radius 1 is 1.52 bits per heavy atom. The van der Waals surface area contributed by atoms with Gasteiger partial charge in [-0.1, -0.05) is 0 Å². The highest BCUT2D eigenvalue weighted by Crippen LogP contribution is 2.22. The van der Waals surface area contributed by atoms with Gasteiger partial charge in [0.25, 0.3) is 0 Å². The summed E-state index contributed by atoms with van der Waals surface area (Å²) in [6, 6.07) is 4.48. The highest BCUT2D eigenvalue weighted by molar-refractivity contribution is 7.15. The van der Waals surface area contributed by atoms with Crippen molar-refractivity contribution in [1.82, 2.24) is 20.1 Å². The molecule has 0 saturated carbocycles. The van der Waals surface area contributed by atoms with Crippen molar-refractivity contribution in [2.24, 2.45) is 0 Å². The minimum atomic E-state index is 0.518. The zero-order valence-electron chi connectivity index (χ0n) is 12.1. The van der Waals surface area contributed by atoms with Crippen LogP contribution < -0.4 is 10.6 Å². The second kappa shape index (κ2) is 6.36. The van der Waals surface area contributed by atoms with E-state index in [0.717, 1.165) is 25.5 Å². The lowest BCUT2D eigenvalue weighted by molar-refractivity contribution is 0.209. The number of thiazole rings is 1. The third-order valence-corrected chi connectivity index (χ3v) is 4.69. The van der Waals surface area contributed by atoms with Crippen LogP contribution in [0.3, 0.4) is 0 Å². The molecule has 3 rings (SSSR count). The second-order valence-corrected chi connectivity index (χ2v) is 6.55. The maximum atomic E-state index is 5.70. The van der Waals surface area contributed by atoms with E-state index >= 15 is 0 Å². The molecule has 0 radical (unpaired) electrons. The van der Waals surface area contributed by atoms with E-state index in [0.29, 0.717) is 11.2 Å². The minimum absolute atomic E-state index is 0.518. The fourth-order valence-corrected chi connectivity index (χ4v) is 3.50. The number of nitrogens with two attached hydrogens (primary N) is 1. The molecule has 2 aromatic heterocycles. The van der Waals surface area contributed by atoms with Crippen LogP contribution in [0, 0.1) is 0 Å². The van der Waals surface area contributed by atoms with Gasteiger partial charge in [-0.2, -0.15) is 5.10 Å². The monoisotopic (exact) mass is 304 g/mol. The summed E-state index contributed by atoms with van der Waals surface area (Å²) in [6.07, 6.45) is 5.98. The van der Waals surface area contributed by atoms with Gasteiger partial charge in [-0.3, -0.25) is 4.90 Å². The van der Waals surface area contributed by atoms with Crippen LogP contribution in [0.5, 0.6) is 0 Å². The first-order valence-electron chi connectivity index (χ1n) is 7.15. The van der Waals surface area contributed by atoms with Gasteiger partial charge in [0.2, 0.25) is 0 Å². The first-order chi connectivity index (χ1) is 10.2. The van der Waals surface area contributed by atoms with E-state index < -0.39 is 0 Å². The zero-order valence-corrected chi connectivity index (χ0v) is 13.0. The lowest BCUT2D eigenvalue weighted by Gasteiger charge is -2.37. The summed E-state index contributed by atoms with van der Waals surface area (Å²) in [5.74, 6) is 0.970. The van der Waals surface area contributed by atoms with Crippen LogP contribution in [0.25, 0.3) is 0 Å². The third-order valence-electron chi connectivity index (χ3n) is 3.88. The van der Waals surface area contributed by atoms with Crippen molar-refractivity contribution < 1.29 is 0 Å². The average molecular weight is 304 g/mol. The first-order valence-corrected chi connectivity index (χ1v) is 7.97. The van der Waals surface area contributed by atoms with E-state index in [-0.39, 0.29) is 0 Å². The van der Waals surface area contributed by atoms with Crippen molar-refractivity contribution in [1.29, 1.82) is 0 Å². The molecule has 3 heterocycles. The molecule has 1 saturated heterocycles. The number of aromatic nitrogens is 3. The third kappa shape index (κ3) is 3.48. The fraction of sp³-hybridized carbons (Fsp3) is 0.500. The molecule has 21 heavy (non-hydrogen) atoms. The Bertz CT molecular complexity index is 572. The van der Waals surface area contributed by atoms with Gasteiger partial charge >= 0.3 is 0 Å². The summed E-state index contributed by atoms with van der Waals surface area (Å²) >= 11 is 1.57. The Hall–Kier alpha value is -1.73. The number of piperidine rings is 1. The van der Waals surface area contributed by atoms with Gasteiger partial charge in [-0.05, 0) is 32.0 Å². The summed E-state index contributed by atoms with van der Waals surface area (Å²) in [5, 5.41) is 8.83. The molecule has 2 aromatic rings. The molecule has 1 atom stereocenters. The Balaban J connectivity index is 1.62. The van der Waals surface area contributed by atoms with Crippen LogP contribution >= 0.6 is 11.3 Å². The highest BCUT2D eigenvalue weighted by atomic mass is 32.1. The summed E-state index contributed by atoms with van der Waals surface area (Å²) in [4.78, 5) is 10.0. The van der Waals surface area contributed by atoms with Gasteiger partial charge < -0.3 is 10.6 Å². The molecule has 0 aliphatic carbocycles. The number of anilines is 2. The maximum absolute atomic E-state index is 5.70. The summed E-state index contributed by atoms with van der Waals surface area (Å²) in [6.45, 7) is 2.94. The van der Waals surface area contributed by atoms with E-state index in [1.54, 1.807) is 17.5 Å². The van der Waals surface area contributed by atoms with Crippen molar-refractivity contribution in [3.8, 4) is 0 Å². The molecule has 1 unspecified atom stereocenters. The van der Waals surface area contributed by atoms with Crippen molar-refractivity contribution in [3.63, 3.8) is 0 Å². The highest BCUT2D eigenvalue weighted by Gasteiger charge is 2.24. The SMILES string of the molecule is CN(Cc1cnc(N)s1)C1CCCN(c2cccnn2)C1. The molecule has 0 amide bonds. The van der Waals surface area contributed by atoms with Crippen molar-refractivity contribution in [2.45, 2.75) is 25.4 Å². The predicted octanol–water partition coefficient (Wildman–Crippen LogP) is 1.62. The topological polar surface area (TPSA) is 71.2 Å². The largest absolute Gasteiger partial charge is 0.375 e. The van der Waals surface area contributed by atoms with E-state index in [1.807, 2.05) is 18.3 Å². The molecule has 2 N–H and O–H groups in total. The molecule has 0 aromatic carbocycles. The standard InChI is InChI=1S/C14H20N6S/c1-19(10-12-8-16-14(15)21-12)11-4-3-7-20(9-11)13-5-2-6-17-18-13/h2,5-6,8,11H,3-4,7,9-10H2,1H3,(H2,15,16). The quantitative estimate of drug-likeness (QED) is 0.925.